The maximum Gasteiger partial charge on any atom is 0.162 e. The van der Waals surface area contributed by atoms with Crippen LogP contribution in [0.25, 0.3) is 11.3 Å². The van der Waals surface area contributed by atoms with Gasteiger partial charge in [-0.05, 0) is 42.0 Å². The van der Waals surface area contributed by atoms with Crippen molar-refractivity contribution < 1.29 is 14.3 Å². The van der Waals surface area contributed by atoms with Gasteiger partial charge >= 0.3 is 0 Å². The van der Waals surface area contributed by atoms with Gasteiger partial charge in [-0.1, -0.05) is 49.7 Å². The number of rotatable bonds is 4. The van der Waals surface area contributed by atoms with E-state index in [0.29, 0.717) is 17.9 Å². The Bertz CT molecular complexity index is 1270. The highest BCUT2D eigenvalue weighted by Crippen LogP contribution is 2.51. The summed E-state index contributed by atoms with van der Waals surface area (Å²) in [6.07, 6.45) is 1.31. The number of aromatic nitrogens is 2. The summed E-state index contributed by atoms with van der Waals surface area (Å²) in [5.74, 6) is 1.99. The van der Waals surface area contributed by atoms with E-state index < -0.39 is 0 Å². The standard InChI is InChI=1S/C27H29N3O3/c1-15-6-8-16(9-7-15)25-24-22(17-10-11-20(32-4)21(12-17)33-5)23-18(28-26(24)30-29-25)13-27(2,3)14-19(23)31/h6-12,22H,13-14H2,1-5H3,(H2,28,29,30)/t22-/m0/s1. The number of methoxy groups -OCH3 is 2. The van der Waals surface area contributed by atoms with E-state index >= 15 is 0 Å². The van der Waals surface area contributed by atoms with Crippen molar-refractivity contribution >= 4 is 11.6 Å². The van der Waals surface area contributed by atoms with Crippen molar-refractivity contribution in [3.63, 3.8) is 0 Å². The predicted molar refractivity (Wildman–Crippen MR) is 129 cm³/mol. The molecule has 6 heteroatoms. The maximum absolute atomic E-state index is 13.5. The Morgan fingerprint density at radius 3 is 2.42 bits per heavy atom. The van der Waals surface area contributed by atoms with Gasteiger partial charge in [0, 0.05) is 29.2 Å². The summed E-state index contributed by atoms with van der Waals surface area (Å²) in [5, 5.41) is 11.4. The van der Waals surface area contributed by atoms with Crippen LogP contribution in [0.3, 0.4) is 0 Å². The number of ketones is 1. The molecule has 0 radical (unpaired) electrons. The van der Waals surface area contributed by atoms with Gasteiger partial charge in [0.2, 0.25) is 0 Å². The Morgan fingerprint density at radius 1 is 1.00 bits per heavy atom. The Balaban J connectivity index is 1.74. The fourth-order valence-electron chi connectivity index (χ4n) is 5.10. The van der Waals surface area contributed by atoms with Crippen LogP contribution in [0.5, 0.6) is 11.5 Å². The molecule has 0 saturated heterocycles. The van der Waals surface area contributed by atoms with Gasteiger partial charge in [0.05, 0.1) is 19.9 Å². The fraction of sp³-hybridized carbons (Fsp3) is 0.333. The quantitative estimate of drug-likeness (QED) is 0.549. The van der Waals surface area contributed by atoms with E-state index in [1.165, 1.54) is 5.56 Å². The Kier molecular flexibility index (Phi) is 5.04. The number of aromatic amines is 1. The molecule has 2 aromatic carbocycles. The zero-order valence-corrected chi connectivity index (χ0v) is 19.7. The highest BCUT2D eigenvalue weighted by molar-refractivity contribution is 6.02. The summed E-state index contributed by atoms with van der Waals surface area (Å²) in [6, 6.07) is 14.2. The normalized spacial score (nSPS) is 18.9. The molecule has 5 rings (SSSR count). The number of Topliss-reactive ketones (excluding diaryl/α,β-unsaturated/α-hetero) is 1. The van der Waals surface area contributed by atoms with Crippen LogP contribution in [0.2, 0.25) is 0 Å². The van der Waals surface area contributed by atoms with E-state index in [9.17, 15) is 4.79 Å². The first-order valence-corrected chi connectivity index (χ1v) is 11.2. The summed E-state index contributed by atoms with van der Waals surface area (Å²) in [6.45, 7) is 6.35. The molecule has 1 aliphatic heterocycles. The van der Waals surface area contributed by atoms with Crippen LogP contribution < -0.4 is 14.8 Å². The molecule has 0 saturated carbocycles. The first-order valence-electron chi connectivity index (χ1n) is 11.2. The van der Waals surface area contributed by atoms with Crippen LogP contribution in [-0.4, -0.2) is 30.2 Å². The lowest BCUT2D eigenvalue weighted by Gasteiger charge is -2.38. The summed E-state index contributed by atoms with van der Waals surface area (Å²) < 4.78 is 11.1. The largest absolute Gasteiger partial charge is 0.493 e. The van der Waals surface area contributed by atoms with Crippen molar-refractivity contribution in [2.24, 2.45) is 5.41 Å². The number of carbonyl (C=O) groups excluding carboxylic acids is 1. The first kappa shape index (κ1) is 21.3. The number of carbonyl (C=O) groups is 1. The fourth-order valence-corrected chi connectivity index (χ4v) is 5.10. The molecule has 0 fully saturated rings. The van der Waals surface area contributed by atoms with Crippen LogP contribution in [0.15, 0.2) is 53.7 Å². The number of hydrogen-bond acceptors (Lipinski definition) is 5. The minimum atomic E-state index is -0.255. The minimum absolute atomic E-state index is 0.0985. The molecule has 0 spiro atoms. The molecule has 2 heterocycles. The molecule has 3 aromatic rings. The van der Waals surface area contributed by atoms with Crippen molar-refractivity contribution in [2.45, 2.75) is 39.5 Å². The number of ether oxygens (including phenoxy) is 2. The number of H-pyrrole nitrogens is 1. The van der Waals surface area contributed by atoms with Crippen molar-refractivity contribution in [1.29, 1.82) is 0 Å². The number of fused-ring (bicyclic) bond motifs is 1. The van der Waals surface area contributed by atoms with Gasteiger partial charge < -0.3 is 14.8 Å². The molecule has 170 valence electrons. The molecule has 1 aliphatic carbocycles. The van der Waals surface area contributed by atoms with Gasteiger partial charge in [0.1, 0.15) is 0 Å². The average Bonchev–Trinajstić information content (AvgIpc) is 3.20. The highest BCUT2D eigenvalue weighted by Gasteiger charge is 2.43. The SMILES string of the molecule is COc1ccc([C@H]2C3=C(CC(C)(C)CC3=O)Nc3n[nH]c(-c4ccc(C)cc4)c32)cc1OC. The molecular formula is C27H29N3O3. The zero-order chi connectivity index (χ0) is 23.3. The van der Waals surface area contributed by atoms with Gasteiger partial charge in [-0.25, -0.2) is 0 Å². The molecule has 0 unspecified atom stereocenters. The van der Waals surface area contributed by atoms with Crippen molar-refractivity contribution in [3.05, 3.63) is 70.4 Å². The van der Waals surface area contributed by atoms with Crippen molar-refractivity contribution in [1.82, 2.24) is 10.2 Å². The second-order valence-corrected chi connectivity index (χ2v) is 9.73. The minimum Gasteiger partial charge on any atom is -0.493 e. The Hall–Kier alpha value is -3.54. The van der Waals surface area contributed by atoms with Crippen LogP contribution in [0, 0.1) is 12.3 Å². The summed E-state index contributed by atoms with van der Waals surface area (Å²) in [5.41, 5.74) is 6.79. The van der Waals surface area contributed by atoms with E-state index in [-0.39, 0.29) is 17.1 Å². The molecule has 0 amide bonds. The third kappa shape index (κ3) is 3.59. The van der Waals surface area contributed by atoms with E-state index in [0.717, 1.165) is 45.9 Å². The Labute approximate surface area is 194 Å². The smallest absolute Gasteiger partial charge is 0.162 e. The van der Waals surface area contributed by atoms with Gasteiger partial charge in [0.25, 0.3) is 0 Å². The maximum atomic E-state index is 13.5. The third-order valence-corrected chi connectivity index (χ3v) is 6.65. The average molecular weight is 444 g/mol. The molecule has 0 bridgehead atoms. The second-order valence-electron chi connectivity index (χ2n) is 9.73. The molecule has 6 nitrogen and oxygen atoms in total. The second kappa shape index (κ2) is 7.80. The van der Waals surface area contributed by atoms with Crippen LogP contribution >= 0.6 is 0 Å². The molecule has 1 aromatic heterocycles. The molecular weight excluding hydrogens is 414 g/mol. The van der Waals surface area contributed by atoms with Gasteiger partial charge in [0.15, 0.2) is 23.1 Å². The summed E-state index contributed by atoms with van der Waals surface area (Å²) in [4.78, 5) is 13.5. The molecule has 2 aliphatic rings. The number of anilines is 1. The number of aryl methyl sites for hydroxylation is 1. The lowest BCUT2D eigenvalue weighted by Crippen LogP contribution is -2.33. The Morgan fingerprint density at radius 2 is 1.73 bits per heavy atom. The first-order chi connectivity index (χ1) is 15.8. The van der Waals surface area contributed by atoms with Gasteiger partial charge in [-0.3, -0.25) is 9.89 Å². The van der Waals surface area contributed by atoms with E-state index in [1.54, 1.807) is 14.2 Å². The van der Waals surface area contributed by atoms with Gasteiger partial charge in [-0.15, -0.1) is 0 Å². The van der Waals surface area contributed by atoms with Crippen LogP contribution in [-0.2, 0) is 4.79 Å². The van der Waals surface area contributed by atoms with Gasteiger partial charge in [-0.2, -0.15) is 5.10 Å². The van der Waals surface area contributed by atoms with Crippen molar-refractivity contribution in [3.8, 4) is 22.8 Å². The number of nitrogens with zero attached hydrogens (tertiary/aromatic N) is 1. The lowest BCUT2D eigenvalue weighted by molar-refractivity contribution is -0.118. The summed E-state index contributed by atoms with van der Waals surface area (Å²) in [7, 11) is 3.25. The highest BCUT2D eigenvalue weighted by atomic mass is 16.5. The molecule has 2 N–H and O–H groups in total. The summed E-state index contributed by atoms with van der Waals surface area (Å²) >= 11 is 0. The number of benzene rings is 2. The third-order valence-electron chi connectivity index (χ3n) is 6.65. The molecule has 1 atom stereocenters. The van der Waals surface area contributed by atoms with Crippen LogP contribution in [0.1, 0.15) is 49.3 Å². The van der Waals surface area contributed by atoms with E-state index in [4.69, 9.17) is 9.47 Å². The number of nitrogens with one attached hydrogen (secondary N) is 2. The van der Waals surface area contributed by atoms with Crippen LogP contribution in [0.4, 0.5) is 5.82 Å². The lowest BCUT2D eigenvalue weighted by atomic mass is 9.69. The van der Waals surface area contributed by atoms with E-state index in [2.05, 4.69) is 60.6 Å². The topological polar surface area (TPSA) is 76.2 Å². The van der Waals surface area contributed by atoms with E-state index in [1.807, 2.05) is 18.2 Å². The monoisotopic (exact) mass is 443 g/mol. The number of hydrogen-bond donors (Lipinski definition) is 2. The number of allylic oxidation sites excluding steroid dienone is 2. The molecule has 33 heavy (non-hydrogen) atoms. The predicted octanol–water partition coefficient (Wildman–Crippen LogP) is 5.60. The van der Waals surface area contributed by atoms with Crippen molar-refractivity contribution in [2.75, 3.05) is 19.5 Å². The zero-order valence-electron chi connectivity index (χ0n) is 19.7.